The van der Waals surface area contributed by atoms with Crippen molar-refractivity contribution in [2.75, 3.05) is 27.3 Å². The highest BCUT2D eigenvalue weighted by molar-refractivity contribution is 6.27. The second-order valence-corrected chi connectivity index (χ2v) is 10.7. The summed E-state index contributed by atoms with van der Waals surface area (Å²) in [6, 6.07) is 15.9. The summed E-state index contributed by atoms with van der Waals surface area (Å²) in [4.78, 5) is 56.0. The van der Waals surface area contributed by atoms with E-state index >= 15 is 0 Å². The van der Waals surface area contributed by atoms with Gasteiger partial charge in [-0.05, 0) is 30.5 Å². The zero-order valence-corrected chi connectivity index (χ0v) is 22.2. The number of carbonyl (C=O) groups excluding carboxylic acids is 2. The molecule has 2 bridgehead atoms. The Labute approximate surface area is 229 Å². The Bertz CT molecular complexity index is 1870. The smallest absolute Gasteiger partial charge is 0.263 e. The van der Waals surface area contributed by atoms with Crippen LogP contribution in [0.4, 0.5) is 0 Å². The van der Waals surface area contributed by atoms with Crippen LogP contribution in [-0.2, 0) is 17.9 Å². The summed E-state index contributed by atoms with van der Waals surface area (Å²) < 4.78 is 14.3. The molecule has 0 N–H and O–H groups in total. The van der Waals surface area contributed by atoms with Crippen molar-refractivity contribution >= 4 is 22.5 Å². The Balaban J connectivity index is 1.36. The number of carbonyl (C=O) groups is 2. The van der Waals surface area contributed by atoms with Crippen molar-refractivity contribution in [2.24, 2.45) is 5.92 Å². The standard InChI is InChI=1S/C31H27N3O6/c1-39-23-11-10-21-26-28(19-6-3-4-7-20(19)29(26)37)34(31(38)27(21)30(23)40-2)16-25(36)32-13-17-12-18(15-32)22-8-5-9-24(35)33(22)14-17/h3-11,17-18H,12-16H2,1-2H3. The summed E-state index contributed by atoms with van der Waals surface area (Å²) in [5.74, 6) is 0.400. The number of methoxy groups -OCH3 is 2. The van der Waals surface area contributed by atoms with E-state index in [1.54, 1.807) is 41.3 Å². The fourth-order valence-electron chi connectivity index (χ4n) is 6.87. The number of rotatable bonds is 4. The van der Waals surface area contributed by atoms with E-state index in [-0.39, 0.29) is 46.8 Å². The number of aromatic nitrogens is 2. The molecule has 7 rings (SSSR count). The van der Waals surface area contributed by atoms with Gasteiger partial charge in [-0.15, -0.1) is 0 Å². The second kappa shape index (κ2) is 8.94. The van der Waals surface area contributed by atoms with Gasteiger partial charge in [-0.2, -0.15) is 0 Å². The van der Waals surface area contributed by atoms with Crippen molar-refractivity contribution in [3.8, 4) is 22.8 Å². The van der Waals surface area contributed by atoms with Crippen LogP contribution in [-0.4, -0.2) is 53.0 Å². The molecule has 1 aliphatic carbocycles. The maximum Gasteiger partial charge on any atom is 0.263 e. The number of amides is 1. The van der Waals surface area contributed by atoms with Crippen molar-refractivity contribution in [3.63, 3.8) is 0 Å². The van der Waals surface area contributed by atoms with E-state index in [0.717, 1.165) is 12.1 Å². The zero-order valence-electron chi connectivity index (χ0n) is 22.2. The minimum absolute atomic E-state index is 0.0158. The normalized spacial score (nSPS) is 18.8. The second-order valence-electron chi connectivity index (χ2n) is 10.7. The molecule has 9 nitrogen and oxygen atoms in total. The minimum Gasteiger partial charge on any atom is -0.493 e. The summed E-state index contributed by atoms with van der Waals surface area (Å²) >= 11 is 0. The van der Waals surface area contributed by atoms with Gasteiger partial charge in [0.25, 0.3) is 11.1 Å². The van der Waals surface area contributed by atoms with Crippen LogP contribution >= 0.6 is 0 Å². The molecule has 2 aromatic carbocycles. The van der Waals surface area contributed by atoms with Gasteiger partial charge in [0.05, 0.1) is 30.9 Å². The van der Waals surface area contributed by atoms with Crippen molar-refractivity contribution in [3.05, 3.63) is 92.1 Å². The van der Waals surface area contributed by atoms with Crippen molar-refractivity contribution in [1.82, 2.24) is 14.0 Å². The lowest BCUT2D eigenvalue weighted by Gasteiger charge is -2.42. The molecule has 4 heterocycles. The molecule has 4 aromatic rings. The predicted octanol–water partition coefficient (Wildman–Crippen LogP) is 3.04. The van der Waals surface area contributed by atoms with Crippen LogP contribution in [0.15, 0.2) is 64.2 Å². The number of ketones is 1. The third-order valence-electron chi connectivity index (χ3n) is 8.56. The number of likely N-dealkylation sites (tertiary alicyclic amines) is 1. The van der Waals surface area contributed by atoms with Crippen LogP contribution in [0.2, 0.25) is 0 Å². The van der Waals surface area contributed by atoms with Crippen molar-refractivity contribution in [1.29, 1.82) is 0 Å². The predicted molar refractivity (Wildman–Crippen MR) is 148 cm³/mol. The number of hydrogen-bond acceptors (Lipinski definition) is 6. The number of fused-ring (bicyclic) bond motifs is 9. The Morgan fingerprint density at radius 3 is 2.48 bits per heavy atom. The van der Waals surface area contributed by atoms with Crippen LogP contribution in [0.1, 0.15) is 34.0 Å². The third-order valence-corrected chi connectivity index (χ3v) is 8.56. The van der Waals surface area contributed by atoms with E-state index in [0.29, 0.717) is 53.2 Å². The summed E-state index contributed by atoms with van der Waals surface area (Å²) in [5.41, 5.74) is 2.47. The first kappa shape index (κ1) is 24.4. The maximum absolute atomic E-state index is 14.2. The lowest BCUT2D eigenvalue weighted by Crippen LogP contribution is -2.50. The number of hydrogen-bond donors (Lipinski definition) is 0. The fourth-order valence-corrected chi connectivity index (χ4v) is 6.87. The molecule has 0 spiro atoms. The first-order chi connectivity index (χ1) is 19.4. The number of ether oxygens (including phenoxy) is 2. The minimum atomic E-state index is -0.420. The first-order valence-electron chi connectivity index (χ1n) is 13.3. The molecule has 1 saturated heterocycles. The molecule has 2 aliphatic heterocycles. The van der Waals surface area contributed by atoms with E-state index in [4.69, 9.17) is 9.47 Å². The molecule has 3 aliphatic rings. The van der Waals surface area contributed by atoms with E-state index in [9.17, 15) is 19.2 Å². The SMILES string of the molecule is COc1ccc2c3c(n(CC(=O)N4CC5CC(C4)c4cccc(=O)n4C5)c(=O)c2c1OC)-c1ccccc1C3=O. The van der Waals surface area contributed by atoms with Crippen LogP contribution in [0.25, 0.3) is 22.0 Å². The molecule has 0 saturated carbocycles. The fraction of sp³-hybridized carbons (Fsp3) is 0.290. The quantitative estimate of drug-likeness (QED) is 0.350. The number of benzene rings is 2. The zero-order chi connectivity index (χ0) is 27.7. The summed E-state index contributed by atoms with van der Waals surface area (Å²) in [6.45, 7) is 1.32. The van der Waals surface area contributed by atoms with Crippen LogP contribution < -0.4 is 20.6 Å². The highest BCUT2D eigenvalue weighted by Gasteiger charge is 2.38. The summed E-state index contributed by atoms with van der Waals surface area (Å²) in [7, 11) is 2.94. The van der Waals surface area contributed by atoms with Gasteiger partial charge in [0.2, 0.25) is 5.91 Å². The average Bonchev–Trinajstić information content (AvgIpc) is 3.27. The van der Waals surface area contributed by atoms with Gasteiger partial charge >= 0.3 is 0 Å². The third kappa shape index (κ3) is 3.40. The molecule has 40 heavy (non-hydrogen) atoms. The Morgan fingerprint density at radius 1 is 0.900 bits per heavy atom. The number of piperidine rings is 1. The van der Waals surface area contributed by atoms with E-state index in [1.165, 1.54) is 18.8 Å². The summed E-state index contributed by atoms with van der Waals surface area (Å²) in [6.07, 6.45) is 0.914. The molecule has 0 radical (unpaired) electrons. The molecular weight excluding hydrogens is 510 g/mol. The molecule has 1 fully saturated rings. The maximum atomic E-state index is 14.2. The van der Waals surface area contributed by atoms with Crippen molar-refractivity contribution < 1.29 is 19.1 Å². The molecule has 2 aromatic heterocycles. The molecule has 1 amide bonds. The first-order valence-corrected chi connectivity index (χ1v) is 13.3. The van der Waals surface area contributed by atoms with Crippen molar-refractivity contribution in [2.45, 2.75) is 25.4 Å². The van der Waals surface area contributed by atoms with E-state index < -0.39 is 5.56 Å². The Morgan fingerprint density at radius 2 is 1.70 bits per heavy atom. The van der Waals surface area contributed by atoms with Gasteiger partial charge in [-0.25, -0.2) is 0 Å². The van der Waals surface area contributed by atoms with Crippen LogP contribution in [0, 0.1) is 5.92 Å². The largest absolute Gasteiger partial charge is 0.493 e. The van der Waals surface area contributed by atoms with Crippen LogP contribution in [0.3, 0.4) is 0 Å². The van der Waals surface area contributed by atoms with E-state index in [1.807, 2.05) is 22.8 Å². The molecule has 2 unspecified atom stereocenters. The Hall–Kier alpha value is -4.66. The molecule has 202 valence electrons. The lowest BCUT2D eigenvalue weighted by atomic mass is 9.83. The topological polar surface area (TPSA) is 99.8 Å². The number of pyridine rings is 2. The van der Waals surface area contributed by atoms with Gasteiger partial charge in [0.15, 0.2) is 17.3 Å². The Kier molecular flexibility index (Phi) is 5.45. The van der Waals surface area contributed by atoms with Gasteiger partial charge < -0.3 is 18.9 Å². The van der Waals surface area contributed by atoms with E-state index in [2.05, 4.69) is 0 Å². The highest BCUT2D eigenvalue weighted by atomic mass is 16.5. The molecule has 9 heteroatoms. The molecular formula is C31H27N3O6. The van der Waals surface area contributed by atoms with Gasteiger partial charge in [-0.1, -0.05) is 30.3 Å². The highest BCUT2D eigenvalue weighted by Crippen LogP contribution is 2.43. The number of nitrogens with zero attached hydrogens (tertiary/aromatic N) is 3. The van der Waals surface area contributed by atoms with Gasteiger partial charge in [-0.3, -0.25) is 23.7 Å². The van der Waals surface area contributed by atoms with Crippen LogP contribution in [0.5, 0.6) is 11.5 Å². The average molecular weight is 538 g/mol. The summed E-state index contributed by atoms with van der Waals surface area (Å²) in [5, 5.41) is 0.676. The monoisotopic (exact) mass is 537 g/mol. The van der Waals surface area contributed by atoms with Gasteiger partial charge in [0, 0.05) is 53.8 Å². The molecule has 2 atom stereocenters. The lowest BCUT2D eigenvalue weighted by molar-refractivity contribution is -0.134. The van der Waals surface area contributed by atoms with Gasteiger partial charge in [0.1, 0.15) is 6.54 Å².